The number of ether oxygens (including phenoxy) is 1. The number of benzene rings is 1. The number of rotatable bonds is 4. The van der Waals surface area contributed by atoms with Crippen LogP contribution in [0.1, 0.15) is 22.5 Å². The van der Waals surface area contributed by atoms with E-state index in [0.717, 1.165) is 10.4 Å². The average molecular weight is 345 g/mol. The van der Waals surface area contributed by atoms with Crippen LogP contribution in [-0.2, 0) is 4.79 Å². The Labute approximate surface area is 144 Å². The third kappa shape index (κ3) is 3.28. The fourth-order valence-electron chi connectivity index (χ4n) is 2.89. The minimum Gasteiger partial charge on any atom is -0.495 e. The first-order valence-corrected chi connectivity index (χ1v) is 8.67. The molecule has 0 aliphatic carbocycles. The van der Waals surface area contributed by atoms with Crippen molar-refractivity contribution in [1.82, 2.24) is 4.90 Å². The molecule has 126 valence electrons. The van der Waals surface area contributed by atoms with Crippen molar-refractivity contribution >= 4 is 23.2 Å². The maximum Gasteiger partial charge on any atom is 0.306 e. The smallest absolute Gasteiger partial charge is 0.306 e. The lowest BCUT2D eigenvalue weighted by molar-refractivity contribution is -0.143. The molecular formula is C18H19NO4S. The summed E-state index contributed by atoms with van der Waals surface area (Å²) in [5.41, 5.74) is 1.05. The zero-order valence-electron chi connectivity index (χ0n) is 13.4. The molecule has 2 heterocycles. The molecule has 3 rings (SSSR count). The molecule has 0 unspecified atom stereocenters. The number of carbonyl (C=O) groups excluding carboxylic acids is 1. The third-order valence-corrected chi connectivity index (χ3v) is 5.46. The van der Waals surface area contributed by atoms with Gasteiger partial charge in [0.25, 0.3) is 5.91 Å². The Morgan fingerprint density at radius 2 is 1.88 bits per heavy atom. The molecule has 0 bridgehead atoms. The van der Waals surface area contributed by atoms with E-state index >= 15 is 0 Å². The van der Waals surface area contributed by atoms with Crippen LogP contribution in [0.5, 0.6) is 5.75 Å². The molecule has 0 spiro atoms. The summed E-state index contributed by atoms with van der Waals surface area (Å²) < 4.78 is 5.39. The van der Waals surface area contributed by atoms with Gasteiger partial charge in [0.1, 0.15) is 10.6 Å². The van der Waals surface area contributed by atoms with Gasteiger partial charge < -0.3 is 14.7 Å². The Balaban J connectivity index is 1.80. The van der Waals surface area contributed by atoms with E-state index < -0.39 is 5.97 Å². The topological polar surface area (TPSA) is 66.8 Å². The quantitative estimate of drug-likeness (QED) is 0.923. The number of aliphatic carboxylic acids is 1. The van der Waals surface area contributed by atoms with Gasteiger partial charge in [0.2, 0.25) is 0 Å². The number of carbonyl (C=O) groups is 2. The van der Waals surface area contributed by atoms with Crippen molar-refractivity contribution in [2.75, 3.05) is 20.2 Å². The molecule has 2 aromatic rings. The third-order valence-electron chi connectivity index (χ3n) is 4.30. The minimum atomic E-state index is -0.776. The van der Waals surface area contributed by atoms with E-state index in [-0.39, 0.29) is 11.8 Å². The van der Waals surface area contributed by atoms with Gasteiger partial charge in [0.15, 0.2) is 0 Å². The zero-order chi connectivity index (χ0) is 17.1. The summed E-state index contributed by atoms with van der Waals surface area (Å²) in [4.78, 5) is 27.1. The molecule has 1 N–H and O–H groups in total. The molecule has 1 fully saturated rings. The molecule has 5 nitrogen and oxygen atoms in total. The van der Waals surface area contributed by atoms with E-state index in [2.05, 4.69) is 0 Å². The van der Waals surface area contributed by atoms with Gasteiger partial charge in [-0.3, -0.25) is 9.59 Å². The lowest BCUT2D eigenvalue weighted by Crippen LogP contribution is -2.40. The summed E-state index contributed by atoms with van der Waals surface area (Å²) in [6.07, 6.45) is 1.00. The summed E-state index contributed by atoms with van der Waals surface area (Å²) in [6, 6.07) is 11.7. The van der Waals surface area contributed by atoms with Gasteiger partial charge in [0, 0.05) is 18.0 Å². The first kappa shape index (κ1) is 16.5. The second-order valence-corrected chi connectivity index (χ2v) is 6.83. The van der Waals surface area contributed by atoms with E-state index in [4.69, 9.17) is 9.84 Å². The molecule has 1 aromatic heterocycles. The highest BCUT2D eigenvalue weighted by molar-refractivity contribution is 7.17. The first-order valence-electron chi connectivity index (χ1n) is 7.85. The molecule has 1 saturated heterocycles. The highest BCUT2D eigenvalue weighted by Gasteiger charge is 2.29. The second kappa shape index (κ2) is 7.05. The lowest BCUT2D eigenvalue weighted by Gasteiger charge is -2.29. The van der Waals surface area contributed by atoms with Crippen LogP contribution in [0.4, 0.5) is 0 Å². The van der Waals surface area contributed by atoms with Gasteiger partial charge in [-0.2, -0.15) is 0 Å². The fourth-order valence-corrected chi connectivity index (χ4v) is 3.99. The van der Waals surface area contributed by atoms with Gasteiger partial charge in [-0.15, -0.1) is 11.3 Å². The minimum absolute atomic E-state index is 0.0807. The van der Waals surface area contributed by atoms with Crippen LogP contribution in [0.25, 0.3) is 10.4 Å². The number of amides is 1. The molecule has 1 aliphatic rings. The van der Waals surface area contributed by atoms with Crippen molar-refractivity contribution in [1.29, 1.82) is 0 Å². The number of hydrogen-bond acceptors (Lipinski definition) is 4. The fraction of sp³-hybridized carbons (Fsp3) is 0.333. The normalized spacial score (nSPS) is 15.3. The van der Waals surface area contributed by atoms with E-state index in [1.807, 2.05) is 36.4 Å². The summed E-state index contributed by atoms with van der Waals surface area (Å²) in [5, 5.41) is 9.07. The van der Waals surface area contributed by atoms with E-state index in [1.165, 1.54) is 11.3 Å². The number of methoxy groups -OCH3 is 1. The number of nitrogens with zero attached hydrogens (tertiary/aromatic N) is 1. The van der Waals surface area contributed by atoms with Crippen molar-refractivity contribution in [2.45, 2.75) is 12.8 Å². The summed E-state index contributed by atoms with van der Waals surface area (Å²) in [6.45, 7) is 0.940. The molecular weight excluding hydrogens is 326 g/mol. The Morgan fingerprint density at radius 1 is 1.21 bits per heavy atom. The Hall–Kier alpha value is -2.34. The predicted molar refractivity (Wildman–Crippen MR) is 92.6 cm³/mol. The molecule has 24 heavy (non-hydrogen) atoms. The van der Waals surface area contributed by atoms with Gasteiger partial charge in [-0.1, -0.05) is 30.3 Å². The first-order chi connectivity index (χ1) is 11.6. The van der Waals surface area contributed by atoms with Crippen LogP contribution < -0.4 is 4.74 Å². The van der Waals surface area contributed by atoms with E-state index in [9.17, 15) is 9.59 Å². The van der Waals surface area contributed by atoms with Crippen LogP contribution >= 0.6 is 11.3 Å². The molecule has 0 saturated carbocycles. The Morgan fingerprint density at radius 3 is 2.46 bits per heavy atom. The lowest BCUT2D eigenvalue weighted by atomic mass is 9.97. The van der Waals surface area contributed by atoms with Crippen molar-refractivity contribution in [2.24, 2.45) is 5.92 Å². The molecule has 1 aromatic carbocycles. The van der Waals surface area contributed by atoms with E-state index in [1.54, 1.807) is 12.0 Å². The summed E-state index contributed by atoms with van der Waals surface area (Å²) in [5.74, 6) is -0.631. The van der Waals surface area contributed by atoms with Crippen molar-refractivity contribution in [3.05, 3.63) is 41.3 Å². The van der Waals surface area contributed by atoms with Gasteiger partial charge >= 0.3 is 5.97 Å². The number of likely N-dealkylation sites (tertiary alicyclic amines) is 1. The molecule has 1 amide bonds. The molecule has 0 atom stereocenters. The number of thiophene rings is 1. The van der Waals surface area contributed by atoms with Crippen LogP contribution in [-0.4, -0.2) is 42.1 Å². The Bertz CT molecular complexity index is 733. The monoisotopic (exact) mass is 345 g/mol. The van der Waals surface area contributed by atoms with Crippen LogP contribution in [0.15, 0.2) is 36.4 Å². The number of carboxylic acids is 1. The molecule has 1 aliphatic heterocycles. The van der Waals surface area contributed by atoms with Gasteiger partial charge in [-0.05, 0) is 24.5 Å². The maximum atomic E-state index is 12.8. The number of hydrogen-bond donors (Lipinski definition) is 1. The van der Waals surface area contributed by atoms with Gasteiger partial charge in [-0.25, -0.2) is 0 Å². The van der Waals surface area contributed by atoms with Crippen LogP contribution in [0, 0.1) is 5.92 Å². The summed E-state index contributed by atoms with van der Waals surface area (Å²) in [7, 11) is 1.56. The second-order valence-electron chi connectivity index (χ2n) is 5.78. The zero-order valence-corrected chi connectivity index (χ0v) is 14.2. The Kier molecular flexibility index (Phi) is 4.85. The van der Waals surface area contributed by atoms with E-state index in [0.29, 0.717) is 36.6 Å². The van der Waals surface area contributed by atoms with Crippen molar-refractivity contribution in [3.63, 3.8) is 0 Å². The predicted octanol–water partition coefficient (Wildman–Crippen LogP) is 3.36. The van der Waals surface area contributed by atoms with Crippen LogP contribution in [0.2, 0.25) is 0 Å². The highest BCUT2D eigenvalue weighted by Crippen LogP contribution is 2.37. The van der Waals surface area contributed by atoms with Gasteiger partial charge in [0.05, 0.1) is 13.0 Å². The highest BCUT2D eigenvalue weighted by atomic mass is 32.1. The number of carboxylic acid groups (broad SMARTS) is 1. The standard InChI is InChI=1S/C18H19NO4S/c1-23-14-11-15(12-5-3-2-4-6-12)24-16(14)17(20)19-9-7-13(8-10-19)18(21)22/h2-6,11,13H,7-10H2,1H3,(H,21,22). The van der Waals surface area contributed by atoms with Crippen molar-refractivity contribution in [3.8, 4) is 16.2 Å². The molecule has 0 radical (unpaired) electrons. The number of piperidine rings is 1. The SMILES string of the molecule is COc1cc(-c2ccccc2)sc1C(=O)N1CCC(C(=O)O)CC1. The maximum absolute atomic E-state index is 12.8. The summed E-state index contributed by atoms with van der Waals surface area (Å²) >= 11 is 1.41. The molecule has 6 heteroatoms. The largest absolute Gasteiger partial charge is 0.495 e. The average Bonchev–Trinajstić information content (AvgIpc) is 3.06. The van der Waals surface area contributed by atoms with Crippen LogP contribution in [0.3, 0.4) is 0 Å². The van der Waals surface area contributed by atoms with Crippen molar-refractivity contribution < 1.29 is 19.4 Å².